The lowest BCUT2D eigenvalue weighted by atomic mass is 10.0. The summed E-state index contributed by atoms with van der Waals surface area (Å²) >= 11 is 0. The van der Waals surface area contributed by atoms with Gasteiger partial charge in [0.25, 0.3) is 0 Å². The van der Waals surface area contributed by atoms with Crippen LogP contribution in [0.1, 0.15) is 40.5 Å². The van der Waals surface area contributed by atoms with E-state index < -0.39 is 0 Å². The molecule has 0 nitrogen and oxygen atoms in total. The molecule has 0 radical (unpaired) electrons. The molecule has 1 fully saturated rings. The molecular formula is C11H22S. The van der Waals surface area contributed by atoms with E-state index in [9.17, 15) is 0 Å². The van der Waals surface area contributed by atoms with E-state index in [2.05, 4.69) is 33.6 Å². The van der Waals surface area contributed by atoms with Gasteiger partial charge in [-0.25, -0.2) is 0 Å². The molecule has 0 amide bonds. The van der Waals surface area contributed by atoms with Crippen LogP contribution in [0.25, 0.3) is 0 Å². The fourth-order valence-corrected chi connectivity index (χ4v) is 4.95. The third-order valence-electron chi connectivity index (χ3n) is 3.00. The zero-order valence-electron chi connectivity index (χ0n) is 8.84. The van der Waals surface area contributed by atoms with Crippen molar-refractivity contribution < 1.29 is 0 Å². The second-order valence-corrected chi connectivity index (χ2v) is 6.76. The molecule has 0 bridgehead atoms. The van der Waals surface area contributed by atoms with Gasteiger partial charge in [0.1, 0.15) is 0 Å². The Morgan fingerprint density at radius 1 is 1.00 bits per heavy atom. The second kappa shape index (κ2) is 3.95. The number of hydrogen-bond acceptors (Lipinski definition) is 0. The molecule has 1 heteroatoms. The molecule has 0 aliphatic carbocycles. The van der Waals surface area contributed by atoms with Crippen molar-refractivity contribution in [3.63, 3.8) is 0 Å². The summed E-state index contributed by atoms with van der Waals surface area (Å²) in [6.45, 7) is 9.38. The van der Waals surface area contributed by atoms with Gasteiger partial charge in [-0.1, -0.05) is 33.6 Å². The molecule has 0 aromatic carbocycles. The van der Waals surface area contributed by atoms with Gasteiger partial charge in [-0.2, -0.15) is 10.5 Å². The fourth-order valence-electron chi connectivity index (χ4n) is 2.22. The highest BCUT2D eigenvalue weighted by atomic mass is 32.2. The molecule has 1 aliphatic heterocycles. The van der Waals surface area contributed by atoms with Crippen LogP contribution in [0.3, 0.4) is 0 Å². The van der Waals surface area contributed by atoms with Crippen LogP contribution >= 0.6 is 10.5 Å². The summed E-state index contributed by atoms with van der Waals surface area (Å²) < 4.78 is 0. The predicted molar refractivity (Wildman–Crippen MR) is 61.2 cm³/mol. The van der Waals surface area contributed by atoms with Crippen molar-refractivity contribution in [2.24, 2.45) is 11.8 Å². The Kier molecular flexibility index (Phi) is 3.39. The minimum absolute atomic E-state index is 0.441. The molecule has 1 saturated heterocycles. The van der Waals surface area contributed by atoms with Crippen molar-refractivity contribution in [2.75, 3.05) is 0 Å². The highest BCUT2D eigenvalue weighted by Crippen LogP contribution is 2.45. The van der Waals surface area contributed by atoms with Crippen LogP contribution in [-0.4, -0.2) is 16.4 Å². The third-order valence-corrected chi connectivity index (χ3v) is 6.12. The van der Waals surface area contributed by atoms with Crippen LogP contribution in [0.5, 0.6) is 0 Å². The average molecular weight is 186 g/mol. The van der Waals surface area contributed by atoms with Gasteiger partial charge < -0.3 is 0 Å². The van der Waals surface area contributed by atoms with Gasteiger partial charge in [0.15, 0.2) is 0 Å². The molecular weight excluding hydrogens is 164 g/mol. The van der Waals surface area contributed by atoms with Crippen molar-refractivity contribution in [2.45, 2.75) is 51.0 Å². The molecule has 2 atom stereocenters. The first kappa shape index (κ1) is 10.3. The Balaban J connectivity index is 2.61. The highest BCUT2D eigenvalue weighted by Gasteiger charge is 2.31. The SMILES string of the molecule is C=S1[C@@H](C(C)C)CC[C@@H]1C(C)C. The third kappa shape index (κ3) is 1.93. The predicted octanol–water partition coefficient (Wildman–Crippen LogP) is 3.53. The van der Waals surface area contributed by atoms with Gasteiger partial charge in [-0.15, -0.1) is 0 Å². The first-order chi connectivity index (χ1) is 5.54. The van der Waals surface area contributed by atoms with E-state index in [0.717, 1.165) is 22.3 Å². The van der Waals surface area contributed by atoms with Crippen LogP contribution in [0.2, 0.25) is 0 Å². The van der Waals surface area contributed by atoms with Crippen LogP contribution in [-0.2, 0) is 0 Å². The second-order valence-electron chi connectivity index (χ2n) is 4.61. The van der Waals surface area contributed by atoms with E-state index in [4.69, 9.17) is 0 Å². The Labute approximate surface area is 79.7 Å². The Bertz CT molecular complexity index is 152. The molecule has 0 unspecified atom stereocenters. The van der Waals surface area contributed by atoms with Crippen molar-refractivity contribution in [1.29, 1.82) is 0 Å². The molecule has 72 valence electrons. The largest absolute Gasteiger partial charge is 0.186 e. The standard InChI is InChI=1S/C11H22S/c1-8(2)10-6-7-11(9(3)4)12(10)5/h8-11H,5-7H2,1-4H3/t10-,11-/m1/s1. The van der Waals surface area contributed by atoms with Gasteiger partial charge in [0, 0.05) is 10.5 Å². The highest BCUT2D eigenvalue weighted by molar-refractivity contribution is 8.15. The van der Waals surface area contributed by atoms with Crippen LogP contribution in [0.4, 0.5) is 0 Å². The lowest BCUT2D eigenvalue weighted by Crippen LogP contribution is -2.12. The summed E-state index contributed by atoms with van der Waals surface area (Å²) in [7, 11) is 0.441. The molecule has 1 heterocycles. The smallest absolute Gasteiger partial charge is 0.00182 e. The lowest BCUT2D eigenvalue weighted by Gasteiger charge is -2.22. The van der Waals surface area contributed by atoms with Crippen molar-refractivity contribution >= 4 is 16.4 Å². The van der Waals surface area contributed by atoms with E-state index in [-0.39, 0.29) is 0 Å². The molecule has 12 heavy (non-hydrogen) atoms. The molecule has 0 spiro atoms. The zero-order chi connectivity index (χ0) is 9.30. The molecule has 0 aromatic rings. The quantitative estimate of drug-likeness (QED) is 0.579. The van der Waals surface area contributed by atoms with Gasteiger partial charge in [-0.05, 0) is 24.7 Å². The molecule has 0 aromatic heterocycles. The first-order valence-corrected chi connectivity index (χ1v) is 6.57. The topological polar surface area (TPSA) is 0 Å². The van der Waals surface area contributed by atoms with Gasteiger partial charge >= 0.3 is 0 Å². The van der Waals surface area contributed by atoms with E-state index in [0.29, 0.717) is 10.5 Å². The van der Waals surface area contributed by atoms with Gasteiger partial charge in [0.2, 0.25) is 0 Å². The Hall–Kier alpha value is 0.220. The summed E-state index contributed by atoms with van der Waals surface area (Å²) in [5.41, 5.74) is 0. The van der Waals surface area contributed by atoms with E-state index in [1.54, 1.807) is 0 Å². The fraction of sp³-hybridized carbons (Fsp3) is 0.909. The van der Waals surface area contributed by atoms with Crippen LogP contribution in [0, 0.1) is 11.8 Å². The minimum atomic E-state index is 0.441. The lowest BCUT2D eigenvalue weighted by molar-refractivity contribution is 0.543. The van der Waals surface area contributed by atoms with Crippen molar-refractivity contribution in [3.05, 3.63) is 0 Å². The van der Waals surface area contributed by atoms with E-state index in [1.165, 1.54) is 12.8 Å². The van der Waals surface area contributed by atoms with Gasteiger partial charge in [0.05, 0.1) is 0 Å². The maximum Gasteiger partial charge on any atom is 0.00182 e. The van der Waals surface area contributed by atoms with E-state index >= 15 is 0 Å². The van der Waals surface area contributed by atoms with E-state index in [1.807, 2.05) is 0 Å². The zero-order valence-corrected chi connectivity index (χ0v) is 9.66. The molecule has 1 aliphatic rings. The average Bonchev–Trinajstić information content (AvgIpc) is 2.30. The number of hydrogen-bond donors (Lipinski definition) is 0. The summed E-state index contributed by atoms with van der Waals surface area (Å²) in [5, 5.41) is 1.83. The van der Waals surface area contributed by atoms with Crippen molar-refractivity contribution in [3.8, 4) is 0 Å². The normalized spacial score (nSPS) is 32.2. The number of rotatable bonds is 2. The summed E-state index contributed by atoms with van der Waals surface area (Å²) in [6.07, 6.45) is 2.85. The summed E-state index contributed by atoms with van der Waals surface area (Å²) in [4.78, 5) is 0. The summed E-state index contributed by atoms with van der Waals surface area (Å²) in [6, 6.07) is 0. The Morgan fingerprint density at radius 3 is 1.50 bits per heavy atom. The molecule has 0 saturated carbocycles. The maximum atomic E-state index is 4.37. The maximum absolute atomic E-state index is 4.37. The monoisotopic (exact) mass is 186 g/mol. The summed E-state index contributed by atoms with van der Waals surface area (Å²) in [5.74, 6) is 6.06. The Morgan fingerprint density at radius 2 is 1.33 bits per heavy atom. The first-order valence-electron chi connectivity index (χ1n) is 5.05. The molecule has 1 rings (SSSR count). The molecule has 0 N–H and O–H groups in total. The van der Waals surface area contributed by atoms with Crippen LogP contribution in [0.15, 0.2) is 0 Å². The van der Waals surface area contributed by atoms with Crippen molar-refractivity contribution in [1.82, 2.24) is 0 Å². The van der Waals surface area contributed by atoms with Crippen LogP contribution < -0.4 is 0 Å². The van der Waals surface area contributed by atoms with Gasteiger partial charge in [-0.3, -0.25) is 0 Å². The minimum Gasteiger partial charge on any atom is -0.186 e.